The normalized spacial score (nSPS) is 17.4. The summed E-state index contributed by atoms with van der Waals surface area (Å²) in [6.07, 6.45) is 5.72. The quantitative estimate of drug-likeness (QED) is 0.164. The second-order valence-electron chi connectivity index (χ2n) is 8.10. The average molecular weight is 497 g/mol. The van der Waals surface area contributed by atoms with Crippen LogP contribution in [0.4, 0.5) is 0 Å². The Hall–Kier alpha value is -0.570. The van der Waals surface area contributed by atoms with E-state index in [9.17, 15) is 4.79 Å². The summed E-state index contributed by atoms with van der Waals surface area (Å²) in [5.74, 6) is 1.49. The van der Waals surface area contributed by atoms with Crippen molar-refractivity contribution in [2.45, 2.75) is 71.8 Å². The van der Waals surface area contributed by atoms with Crippen LogP contribution in [0.2, 0.25) is 0 Å². The molecule has 1 saturated heterocycles. The molecule has 0 aliphatic carbocycles. The van der Waals surface area contributed by atoms with Gasteiger partial charge in [-0.2, -0.15) is 0 Å². The molecule has 0 bridgehead atoms. The van der Waals surface area contributed by atoms with E-state index >= 15 is 0 Å². The van der Waals surface area contributed by atoms with E-state index in [2.05, 4.69) is 24.2 Å². The maximum atomic E-state index is 11.7. The molecular formula is C20H40IN3O3. The third kappa shape index (κ3) is 13.3. The first-order chi connectivity index (χ1) is 12.3. The van der Waals surface area contributed by atoms with Crippen molar-refractivity contribution in [3.63, 3.8) is 0 Å². The number of ether oxygens (including phenoxy) is 2. The minimum Gasteiger partial charge on any atom is -0.460 e. The van der Waals surface area contributed by atoms with Gasteiger partial charge < -0.3 is 19.7 Å². The van der Waals surface area contributed by atoms with Crippen molar-refractivity contribution in [1.82, 2.24) is 10.2 Å². The monoisotopic (exact) mass is 497 g/mol. The third-order valence-electron chi connectivity index (χ3n) is 4.22. The fourth-order valence-electron chi connectivity index (χ4n) is 2.98. The van der Waals surface area contributed by atoms with Crippen molar-refractivity contribution in [3.8, 4) is 0 Å². The number of halogens is 1. The zero-order chi connectivity index (χ0) is 19.4. The largest absolute Gasteiger partial charge is 0.460 e. The zero-order valence-corrected chi connectivity index (χ0v) is 20.2. The van der Waals surface area contributed by atoms with Gasteiger partial charge in [0.05, 0.1) is 6.61 Å². The van der Waals surface area contributed by atoms with E-state index in [-0.39, 0.29) is 35.5 Å². The van der Waals surface area contributed by atoms with Crippen LogP contribution in [0.25, 0.3) is 0 Å². The van der Waals surface area contributed by atoms with Gasteiger partial charge in [0, 0.05) is 45.6 Å². The van der Waals surface area contributed by atoms with Crippen molar-refractivity contribution in [3.05, 3.63) is 0 Å². The summed E-state index contributed by atoms with van der Waals surface area (Å²) in [5.41, 5.74) is -0.384. The number of nitrogens with zero attached hydrogens (tertiary/aromatic N) is 2. The number of hydrogen-bond donors (Lipinski definition) is 1. The van der Waals surface area contributed by atoms with E-state index in [1.54, 1.807) is 0 Å². The highest BCUT2D eigenvalue weighted by Crippen LogP contribution is 2.13. The SMILES string of the molecule is CCNC(=NCCCCCCC(=O)OC(C)(C)C)N(C)CC1CCOC1.I. The Kier molecular flexibility index (Phi) is 14.1. The highest BCUT2D eigenvalue weighted by Gasteiger charge is 2.19. The van der Waals surface area contributed by atoms with Gasteiger partial charge in [0.25, 0.3) is 0 Å². The van der Waals surface area contributed by atoms with Gasteiger partial charge in [0.1, 0.15) is 5.60 Å². The number of esters is 1. The van der Waals surface area contributed by atoms with Crippen LogP contribution in [-0.2, 0) is 14.3 Å². The average Bonchev–Trinajstić information content (AvgIpc) is 3.04. The molecule has 1 aliphatic heterocycles. The zero-order valence-electron chi connectivity index (χ0n) is 17.9. The van der Waals surface area contributed by atoms with Gasteiger partial charge in [-0.1, -0.05) is 12.8 Å². The minimum atomic E-state index is -0.384. The van der Waals surface area contributed by atoms with Crippen LogP contribution in [-0.4, -0.2) is 62.3 Å². The van der Waals surface area contributed by atoms with Gasteiger partial charge >= 0.3 is 5.97 Å². The van der Waals surface area contributed by atoms with Gasteiger partial charge in [-0.3, -0.25) is 9.79 Å². The molecular weight excluding hydrogens is 457 g/mol. The summed E-state index contributed by atoms with van der Waals surface area (Å²) in [4.78, 5) is 18.6. The lowest BCUT2D eigenvalue weighted by molar-refractivity contribution is -0.154. The maximum absolute atomic E-state index is 11.7. The molecule has 0 spiro atoms. The van der Waals surface area contributed by atoms with Gasteiger partial charge in [-0.05, 0) is 47.0 Å². The molecule has 27 heavy (non-hydrogen) atoms. The maximum Gasteiger partial charge on any atom is 0.306 e. The first kappa shape index (κ1) is 26.4. The second-order valence-corrected chi connectivity index (χ2v) is 8.10. The molecule has 0 saturated carbocycles. The van der Waals surface area contributed by atoms with E-state index < -0.39 is 0 Å². The molecule has 1 heterocycles. The molecule has 6 nitrogen and oxygen atoms in total. The molecule has 0 amide bonds. The van der Waals surface area contributed by atoms with E-state index in [0.29, 0.717) is 12.3 Å². The molecule has 1 N–H and O–H groups in total. The minimum absolute atomic E-state index is 0. The lowest BCUT2D eigenvalue weighted by atomic mass is 10.1. The Morgan fingerprint density at radius 2 is 1.96 bits per heavy atom. The summed E-state index contributed by atoms with van der Waals surface area (Å²) in [6, 6.07) is 0. The highest BCUT2D eigenvalue weighted by atomic mass is 127. The molecule has 1 atom stereocenters. The van der Waals surface area contributed by atoms with Gasteiger partial charge in [-0.25, -0.2) is 0 Å². The van der Waals surface area contributed by atoms with Crippen molar-refractivity contribution in [2.75, 3.05) is 39.9 Å². The van der Waals surface area contributed by atoms with Gasteiger partial charge in [0.15, 0.2) is 5.96 Å². The van der Waals surface area contributed by atoms with E-state index in [4.69, 9.17) is 14.5 Å². The van der Waals surface area contributed by atoms with Crippen LogP contribution in [0, 0.1) is 5.92 Å². The lowest BCUT2D eigenvalue weighted by Gasteiger charge is -2.24. The Bertz CT molecular complexity index is 433. The van der Waals surface area contributed by atoms with Gasteiger partial charge in [0.2, 0.25) is 0 Å². The summed E-state index contributed by atoms with van der Waals surface area (Å²) in [5, 5.41) is 3.37. The smallest absolute Gasteiger partial charge is 0.306 e. The Morgan fingerprint density at radius 3 is 2.56 bits per heavy atom. The number of guanidine groups is 1. The number of aliphatic imine (C=N–C) groups is 1. The molecule has 1 unspecified atom stereocenters. The summed E-state index contributed by atoms with van der Waals surface area (Å²) in [7, 11) is 2.10. The number of carbonyl (C=O) groups is 1. The molecule has 160 valence electrons. The lowest BCUT2D eigenvalue weighted by Crippen LogP contribution is -2.41. The van der Waals surface area contributed by atoms with Crippen LogP contribution in [0.15, 0.2) is 4.99 Å². The van der Waals surface area contributed by atoms with E-state index in [1.165, 1.54) is 0 Å². The van der Waals surface area contributed by atoms with Crippen molar-refractivity contribution in [1.29, 1.82) is 0 Å². The standard InChI is InChI=1S/C20H39N3O3.HI/c1-6-21-19(23(5)15-17-12-14-25-16-17)22-13-10-8-7-9-11-18(24)26-20(2,3)4;/h17H,6-16H2,1-5H3,(H,21,22);1H. The van der Waals surface area contributed by atoms with Crippen LogP contribution in [0.1, 0.15) is 66.2 Å². The summed E-state index contributed by atoms with van der Waals surface area (Å²) in [6.45, 7) is 12.2. The molecule has 0 aromatic rings. The summed E-state index contributed by atoms with van der Waals surface area (Å²) >= 11 is 0. The molecule has 0 aromatic heterocycles. The fourth-order valence-corrected chi connectivity index (χ4v) is 2.98. The number of rotatable bonds is 10. The van der Waals surface area contributed by atoms with Crippen LogP contribution < -0.4 is 5.32 Å². The van der Waals surface area contributed by atoms with Crippen LogP contribution in [0.3, 0.4) is 0 Å². The Morgan fingerprint density at radius 1 is 1.26 bits per heavy atom. The third-order valence-corrected chi connectivity index (χ3v) is 4.22. The van der Waals surface area contributed by atoms with Crippen molar-refractivity contribution >= 4 is 35.9 Å². The molecule has 7 heteroatoms. The first-order valence-corrected chi connectivity index (χ1v) is 10.1. The topological polar surface area (TPSA) is 63.2 Å². The van der Waals surface area contributed by atoms with Crippen molar-refractivity contribution < 1.29 is 14.3 Å². The Labute approximate surface area is 182 Å². The highest BCUT2D eigenvalue weighted by molar-refractivity contribution is 14.0. The fraction of sp³-hybridized carbons (Fsp3) is 0.900. The first-order valence-electron chi connectivity index (χ1n) is 10.1. The van der Waals surface area contributed by atoms with E-state index in [0.717, 1.165) is 70.9 Å². The van der Waals surface area contributed by atoms with Crippen LogP contribution >= 0.6 is 24.0 Å². The molecule has 0 aromatic carbocycles. The molecule has 1 fully saturated rings. The van der Waals surface area contributed by atoms with E-state index in [1.807, 2.05) is 20.8 Å². The molecule has 1 aliphatic rings. The van der Waals surface area contributed by atoms with Crippen molar-refractivity contribution in [2.24, 2.45) is 10.9 Å². The molecule has 1 rings (SSSR count). The summed E-state index contributed by atoms with van der Waals surface area (Å²) < 4.78 is 10.8. The predicted octanol–water partition coefficient (Wildman–Crippen LogP) is 3.83. The number of unbranched alkanes of at least 4 members (excludes halogenated alkanes) is 3. The Balaban J connectivity index is 0.00000676. The number of hydrogen-bond acceptors (Lipinski definition) is 4. The van der Waals surface area contributed by atoms with Crippen LogP contribution in [0.5, 0.6) is 0 Å². The number of carbonyl (C=O) groups excluding carboxylic acids is 1. The molecule has 0 radical (unpaired) electrons. The second kappa shape index (κ2) is 14.4. The number of nitrogens with one attached hydrogen (secondary N) is 1. The predicted molar refractivity (Wildman–Crippen MR) is 122 cm³/mol. The van der Waals surface area contributed by atoms with Gasteiger partial charge in [-0.15, -0.1) is 24.0 Å².